The molecular formula is C12H13N3O4. The molecule has 0 aromatic heterocycles. The third-order valence-corrected chi connectivity index (χ3v) is 2.83. The van der Waals surface area contributed by atoms with E-state index in [9.17, 15) is 20.0 Å². The Bertz CT molecular complexity index is 568. The lowest BCUT2D eigenvalue weighted by Gasteiger charge is -2.28. The van der Waals surface area contributed by atoms with Crippen molar-refractivity contribution < 1.29 is 14.8 Å². The largest absolute Gasteiger partial charge is 0.369 e. The maximum Gasteiger partial charge on any atom is 0.282 e. The minimum Gasteiger partial charge on any atom is -0.369 e. The van der Waals surface area contributed by atoms with Crippen LogP contribution in [0, 0.1) is 10.1 Å². The van der Waals surface area contributed by atoms with Gasteiger partial charge in [0, 0.05) is 18.2 Å². The number of carbonyl (C=O) groups is 1. The Hall–Kier alpha value is -2.41. The van der Waals surface area contributed by atoms with Crippen LogP contribution in [0.5, 0.6) is 0 Å². The van der Waals surface area contributed by atoms with Gasteiger partial charge < -0.3 is 5.11 Å². The molecule has 1 aromatic rings. The van der Waals surface area contributed by atoms with Crippen LogP contribution >= 0.6 is 0 Å². The number of benzene rings is 1. The molecule has 1 unspecified atom stereocenters. The van der Waals surface area contributed by atoms with Crippen molar-refractivity contribution in [1.82, 2.24) is 10.4 Å². The highest BCUT2D eigenvalue weighted by Gasteiger charge is 2.41. The van der Waals surface area contributed by atoms with Gasteiger partial charge in [0.15, 0.2) is 5.72 Å². The van der Waals surface area contributed by atoms with Gasteiger partial charge >= 0.3 is 0 Å². The molecule has 100 valence electrons. The Morgan fingerprint density at radius 1 is 1.58 bits per heavy atom. The summed E-state index contributed by atoms with van der Waals surface area (Å²) in [5.41, 5.74) is 1.24. The monoisotopic (exact) mass is 263 g/mol. The Morgan fingerprint density at radius 3 is 2.74 bits per heavy atom. The lowest BCUT2D eigenvalue weighted by Crippen LogP contribution is -2.49. The number of nitrogens with zero attached hydrogens (tertiary/aromatic N) is 2. The normalized spacial score (nSPS) is 22.2. The highest BCUT2D eigenvalue weighted by molar-refractivity contribution is 5.98. The number of nitro groups is 1. The summed E-state index contributed by atoms with van der Waals surface area (Å²) in [6, 6.07) is 5.59. The zero-order valence-corrected chi connectivity index (χ0v) is 10.3. The van der Waals surface area contributed by atoms with Crippen molar-refractivity contribution in [3.8, 4) is 0 Å². The predicted molar refractivity (Wildman–Crippen MR) is 66.8 cm³/mol. The van der Waals surface area contributed by atoms with E-state index in [1.165, 1.54) is 31.2 Å². The third-order valence-electron chi connectivity index (χ3n) is 2.83. The van der Waals surface area contributed by atoms with Gasteiger partial charge in [0.1, 0.15) is 5.56 Å². The van der Waals surface area contributed by atoms with Crippen LogP contribution < -0.4 is 5.43 Å². The summed E-state index contributed by atoms with van der Waals surface area (Å²) in [6.45, 7) is 5.07. The molecule has 19 heavy (non-hydrogen) atoms. The van der Waals surface area contributed by atoms with Gasteiger partial charge in [0.2, 0.25) is 0 Å². The third kappa shape index (κ3) is 2.27. The van der Waals surface area contributed by atoms with Gasteiger partial charge in [-0.2, -0.15) is 0 Å². The summed E-state index contributed by atoms with van der Waals surface area (Å²) in [5.74, 6) is -0.670. The zero-order chi connectivity index (χ0) is 14.2. The van der Waals surface area contributed by atoms with Crippen molar-refractivity contribution in [3.05, 3.63) is 52.2 Å². The molecule has 0 aliphatic carbocycles. The number of aliphatic hydroxyl groups is 1. The summed E-state index contributed by atoms with van der Waals surface area (Å²) < 4.78 is 0. The van der Waals surface area contributed by atoms with Crippen molar-refractivity contribution in [2.24, 2.45) is 0 Å². The van der Waals surface area contributed by atoms with Crippen LogP contribution in [-0.2, 0) is 0 Å². The SMILES string of the molecule is C=C1CC(C)(O)N(C(=O)c2ccccc2[N+](=O)[O-])N1. The summed E-state index contributed by atoms with van der Waals surface area (Å²) in [6.07, 6.45) is 0.166. The Balaban J connectivity index is 2.41. The van der Waals surface area contributed by atoms with E-state index in [1.807, 2.05) is 0 Å². The first-order valence-corrected chi connectivity index (χ1v) is 5.58. The van der Waals surface area contributed by atoms with Gasteiger partial charge in [-0.1, -0.05) is 18.7 Å². The van der Waals surface area contributed by atoms with Crippen molar-refractivity contribution in [2.45, 2.75) is 19.1 Å². The predicted octanol–water partition coefficient (Wildman–Crippen LogP) is 1.17. The Labute approximate surface area is 109 Å². The summed E-state index contributed by atoms with van der Waals surface area (Å²) in [5, 5.41) is 22.0. The summed E-state index contributed by atoms with van der Waals surface area (Å²) in [4.78, 5) is 22.6. The van der Waals surface area contributed by atoms with Gasteiger partial charge in [-0.15, -0.1) is 0 Å². The molecule has 1 heterocycles. The molecule has 7 nitrogen and oxygen atoms in total. The highest BCUT2D eigenvalue weighted by Crippen LogP contribution is 2.29. The molecule has 2 rings (SSSR count). The summed E-state index contributed by atoms with van der Waals surface area (Å²) in [7, 11) is 0. The fourth-order valence-corrected chi connectivity index (χ4v) is 2.01. The number of hydrogen-bond acceptors (Lipinski definition) is 5. The Morgan fingerprint density at radius 2 is 2.21 bits per heavy atom. The number of nitro benzene ring substituents is 1. The van der Waals surface area contributed by atoms with Crippen LogP contribution in [0.15, 0.2) is 36.5 Å². The molecule has 0 radical (unpaired) electrons. The zero-order valence-electron chi connectivity index (χ0n) is 10.3. The molecule has 2 N–H and O–H groups in total. The second-order valence-electron chi connectivity index (χ2n) is 4.52. The van der Waals surface area contributed by atoms with Crippen molar-refractivity contribution in [3.63, 3.8) is 0 Å². The molecule has 1 fully saturated rings. The van der Waals surface area contributed by atoms with Crippen molar-refractivity contribution in [2.75, 3.05) is 0 Å². The van der Waals surface area contributed by atoms with E-state index in [2.05, 4.69) is 12.0 Å². The average Bonchev–Trinajstić information content (AvgIpc) is 2.61. The van der Waals surface area contributed by atoms with E-state index >= 15 is 0 Å². The highest BCUT2D eigenvalue weighted by atomic mass is 16.6. The average molecular weight is 263 g/mol. The number of hydrazine groups is 1. The van der Waals surface area contributed by atoms with Crippen LogP contribution in [0.25, 0.3) is 0 Å². The van der Waals surface area contributed by atoms with E-state index in [0.29, 0.717) is 5.70 Å². The van der Waals surface area contributed by atoms with Crippen LogP contribution in [0.1, 0.15) is 23.7 Å². The molecule has 1 aliphatic rings. The van der Waals surface area contributed by atoms with Crippen molar-refractivity contribution in [1.29, 1.82) is 0 Å². The quantitative estimate of drug-likeness (QED) is 0.616. The van der Waals surface area contributed by atoms with Crippen LogP contribution in [0.3, 0.4) is 0 Å². The molecule has 1 saturated heterocycles. The lowest BCUT2D eigenvalue weighted by atomic mass is 10.1. The topological polar surface area (TPSA) is 95.7 Å². The molecule has 0 bridgehead atoms. The number of nitrogens with one attached hydrogen (secondary N) is 1. The molecular weight excluding hydrogens is 250 g/mol. The smallest absolute Gasteiger partial charge is 0.282 e. The number of amides is 1. The number of para-hydroxylation sites is 1. The lowest BCUT2D eigenvalue weighted by molar-refractivity contribution is -0.385. The maximum atomic E-state index is 12.3. The van der Waals surface area contributed by atoms with Gasteiger partial charge in [-0.05, 0) is 13.0 Å². The fraction of sp³-hybridized carbons (Fsp3) is 0.250. The molecule has 0 spiro atoms. The second kappa shape index (κ2) is 4.36. The van der Waals surface area contributed by atoms with Gasteiger partial charge in [-0.3, -0.25) is 20.3 Å². The van der Waals surface area contributed by atoms with Gasteiger partial charge in [0.25, 0.3) is 11.6 Å². The van der Waals surface area contributed by atoms with E-state index in [-0.39, 0.29) is 17.7 Å². The van der Waals surface area contributed by atoms with E-state index < -0.39 is 16.6 Å². The number of carbonyl (C=O) groups excluding carboxylic acids is 1. The molecule has 1 aromatic carbocycles. The first kappa shape index (κ1) is 13.0. The molecule has 7 heteroatoms. The summed E-state index contributed by atoms with van der Waals surface area (Å²) >= 11 is 0. The fourth-order valence-electron chi connectivity index (χ4n) is 2.01. The molecule has 1 atom stereocenters. The van der Waals surface area contributed by atoms with Crippen LogP contribution in [-0.4, -0.2) is 26.7 Å². The van der Waals surface area contributed by atoms with E-state index in [4.69, 9.17) is 0 Å². The second-order valence-corrected chi connectivity index (χ2v) is 4.52. The molecule has 1 amide bonds. The van der Waals surface area contributed by atoms with E-state index in [1.54, 1.807) is 0 Å². The molecule has 1 aliphatic heterocycles. The minimum atomic E-state index is -1.46. The van der Waals surface area contributed by atoms with Gasteiger partial charge in [-0.25, -0.2) is 5.01 Å². The van der Waals surface area contributed by atoms with E-state index in [0.717, 1.165) is 5.01 Å². The maximum absolute atomic E-state index is 12.3. The first-order valence-electron chi connectivity index (χ1n) is 5.58. The number of rotatable bonds is 2. The first-order chi connectivity index (χ1) is 8.83. The number of hydrogen-bond donors (Lipinski definition) is 2. The Kier molecular flexibility index (Phi) is 2.99. The standard InChI is InChI=1S/C12H13N3O4/c1-8-7-12(2,17)14(13-8)11(16)9-5-3-4-6-10(9)15(18)19/h3-6,13,17H,1,7H2,2H3. The van der Waals surface area contributed by atoms with Crippen molar-refractivity contribution >= 4 is 11.6 Å². The minimum absolute atomic E-state index is 0.0880. The van der Waals surface area contributed by atoms with Crippen LogP contribution in [0.4, 0.5) is 5.69 Å². The van der Waals surface area contributed by atoms with Gasteiger partial charge in [0.05, 0.1) is 4.92 Å². The van der Waals surface area contributed by atoms with Crippen LogP contribution in [0.2, 0.25) is 0 Å². The molecule has 0 saturated carbocycles.